The van der Waals surface area contributed by atoms with Crippen LogP contribution in [0.15, 0.2) is 24.3 Å². The SMILES string of the molecule is COc1cccc2c1C(C(C)C(=O)O)=CC2. The van der Waals surface area contributed by atoms with Crippen molar-refractivity contribution >= 4 is 11.5 Å². The molecule has 0 heterocycles. The number of aliphatic carboxylic acids is 1. The number of fused-ring (bicyclic) bond motifs is 1. The highest BCUT2D eigenvalue weighted by Gasteiger charge is 2.26. The van der Waals surface area contributed by atoms with Crippen molar-refractivity contribution in [3.63, 3.8) is 0 Å². The Morgan fingerprint density at radius 1 is 1.50 bits per heavy atom. The van der Waals surface area contributed by atoms with Crippen molar-refractivity contribution in [1.29, 1.82) is 0 Å². The van der Waals surface area contributed by atoms with Crippen molar-refractivity contribution < 1.29 is 14.6 Å². The van der Waals surface area contributed by atoms with E-state index >= 15 is 0 Å². The predicted octanol–water partition coefficient (Wildman–Crippen LogP) is 2.36. The van der Waals surface area contributed by atoms with E-state index in [1.54, 1.807) is 14.0 Å². The number of rotatable bonds is 3. The number of carbonyl (C=O) groups is 1. The third-order valence-corrected chi connectivity index (χ3v) is 3.00. The Morgan fingerprint density at radius 2 is 2.25 bits per heavy atom. The van der Waals surface area contributed by atoms with Crippen molar-refractivity contribution in [1.82, 2.24) is 0 Å². The minimum atomic E-state index is -0.801. The van der Waals surface area contributed by atoms with Crippen LogP contribution < -0.4 is 4.74 Å². The standard InChI is InChI=1S/C13H14O3/c1-8(13(14)15)10-7-6-9-4-3-5-11(16-2)12(9)10/h3-5,7-8H,6H2,1-2H3,(H,14,15). The zero-order valence-electron chi connectivity index (χ0n) is 9.36. The molecular weight excluding hydrogens is 204 g/mol. The van der Waals surface area contributed by atoms with Gasteiger partial charge in [-0.15, -0.1) is 0 Å². The second-order valence-corrected chi connectivity index (χ2v) is 3.92. The molecule has 0 bridgehead atoms. The van der Waals surface area contributed by atoms with E-state index in [0.717, 1.165) is 28.9 Å². The summed E-state index contributed by atoms with van der Waals surface area (Å²) in [7, 11) is 1.61. The van der Waals surface area contributed by atoms with Crippen LogP contribution in [-0.2, 0) is 11.2 Å². The average molecular weight is 218 g/mol. The molecule has 1 aliphatic rings. The molecule has 3 heteroatoms. The van der Waals surface area contributed by atoms with Crippen LogP contribution in [0.5, 0.6) is 5.75 Å². The quantitative estimate of drug-likeness (QED) is 0.847. The summed E-state index contributed by atoms with van der Waals surface area (Å²) in [5.74, 6) is -0.531. The van der Waals surface area contributed by atoms with E-state index in [4.69, 9.17) is 9.84 Å². The fraction of sp³-hybridized carbons (Fsp3) is 0.308. The van der Waals surface area contributed by atoms with E-state index in [1.807, 2.05) is 24.3 Å². The normalized spacial score (nSPS) is 15.2. The highest BCUT2D eigenvalue weighted by molar-refractivity contribution is 5.91. The lowest BCUT2D eigenvalue weighted by Gasteiger charge is -2.13. The Hall–Kier alpha value is -1.77. The number of hydrogen-bond acceptors (Lipinski definition) is 2. The summed E-state index contributed by atoms with van der Waals surface area (Å²) in [6, 6.07) is 5.81. The molecular formula is C13H14O3. The maximum absolute atomic E-state index is 11.0. The number of hydrogen-bond donors (Lipinski definition) is 1. The van der Waals surface area contributed by atoms with Crippen molar-refractivity contribution in [2.75, 3.05) is 7.11 Å². The first-order valence-electron chi connectivity index (χ1n) is 5.24. The molecule has 1 aliphatic carbocycles. The van der Waals surface area contributed by atoms with Crippen LogP contribution in [0.3, 0.4) is 0 Å². The number of carboxylic acid groups (broad SMARTS) is 1. The van der Waals surface area contributed by atoms with Crippen LogP contribution in [-0.4, -0.2) is 18.2 Å². The Balaban J connectivity index is 2.47. The molecule has 84 valence electrons. The molecule has 1 aromatic carbocycles. The zero-order chi connectivity index (χ0) is 11.7. The van der Waals surface area contributed by atoms with E-state index in [9.17, 15) is 4.79 Å². The van der Waals surface area contributed by atoms with Crippen LogP contribution in [0.4, 0.5) is 0 Å². The van der Waals surface area contributed by atoms with Crippen molar-refractivity contribution in [2.45, 2.75) is 13.3 Å². The molecule has 16 heavy (non-hydrogen) atoms. The van der Waals surface area contributed by atoms with E-state index < -0.39 is 11.9 Å². The molecule has 0 spiro atoms. The van der Waals surface area contributed by atoms with Crippen molar-refractivity contribution in [3.8, 4) is 5.75 Å². The zero-order valence-corrected chi connectivity index (χ0v) is 9.36. The molecule has 2 rings (SSSR count). The molecule has 0 aliphatic heterocycles. The lowest BCUT2D eigenvalue weighted by atomic mass is 9.94. The molecule has 0 radical (unpaired) electrons. The van der Waals surface area contributed by atoms with Crippen LogP contribution in [0.25, 0.3) is 5.57 Å². The number of benzene rings is 1. The number of allylic oxidation sites excluding steroid dienone is 1. The van der Waals surface area contributed by atoms with Gasteiger partial charge in [-0.1, -0.05) is 18.2 Å². The van der Waals surface area contributed by atoms with Gasteiger partial charge >= 0.3 is 5.97 Å². The fourth-order valence-corrected chi connectivity index (χ4v) is 2.09. The van der Waals surface area contributed by atoms with Gasteiger partial charge in [-0.25, -0.2) is 0 Å². The Morgan fingerprint density at radius 3 is 2.88 bits per heavy atom. The fourth-order valence-electron chi connectivity index (χ4n) is 2.09. The minimum Gasteiger partial charge on any atom is -0.496 e. The second-order valence-electron chi connectivity index (χ2n) is 3.92. The third kappa shape index (κ3) is 1.58. The van der Waals surface area contributed by atoms with Crippen LogP contribution in [0.1, 0.15) is 18.1 Å². The molecule has 0 aromatic heterocycles. The topological polar surface area (TPSA) is 46.5 Å². The Kier molecular flexibility index (Phi) is 2.69. The van der Waals surface area contributed by atoms with Crippen LogP contribution in [0.2, 0.25) is 0 Å². The molecule has 1 atom stereocenters. The monoisotopic (exact) mass is 218 g/mol. The molecule has 0 saturated carbocycles. The molecule has 0 saturated heterocycles. The summed E-state index contributed by atoms with van der Waals surface area (Å²) in [6.45, 7) is 1.70. The minimum absolute atomic E-state index is 0.488. The predicted molar refractivity (Wildman–Crippen MR) is 61.5 cm³/mol. The summed E-state index contributed by atoms with van der Waals surface area (Å²) < 4.78 is 5.28. The molecule has 1 unspecified atom stereocenters. The van der Waals surface area contributed by atoms with E-state index in [1.165, 1.54) is 0 Å². The highest BCUT2D eigenvalue weighted by Crippen LogP contribution is 2.38. The lowest BCUT2D eigenvalue weighted by molar-refractivity contribution is -0.139. The molecule has 0 fully saturated rings. The summed E-state index contributed by atoms with van der Waals surface area (Å²) in [5.41, 5.74) is 2.96. The Bertz CT molecular complexity index is 460. The average Bonchev–Trinajstić information content (AvgIpc) is 2.71. The van der Waals surface area contributed by atoms with E-state index in [-0.39, 0.29) is 0 Å². The highest BCUT2D eigenvalue weighted by atomic mass is 16.5. The number of methoxy groups -OCH3 is 1. The molecule has 3 nitrogen and oxygen atoms in total. The smallest absolute Gasteiger partial charge is 0.310 e. The first-order valence-corrected chi connectivity index (χ1v) is 5.24. The van der Waals surface area contributed by atoms with Gasteiger partial charge in [-0.2, -0.15) is 0 Å². The third-order valence-electron chi connectivity index (χ3n) is 3.00. The van der Waals surface area contributed by atoms with Crippen LogP contribution >= 0.6 is 0 Å². The molecule has 1 aromatic rings. The van der Waals surface area contributed by atoms with Crippen LogP contribution in [0, 0.1) is 5.92 Å². The van der Waals surface area contributed by atoms with Gasteiger partial charge in [0.05, 0.1) is 13.0 Å². The Labute approximate surface area is 94.4 Å². The largest absolute Gasteiger partial charge is 0.496 e. The first kappa shape index (κ1) is 10.7. The second kappa shape index (κ2) is 4.00. The summed E-state index contributed by atoms with van der Waals surface area (Å²) >= 11 is 0. The first-order chi connectivity index (χ1) is 7.65. The van der Waals surface area contributed by atoms with Gasteiger partial charge in [0.2, 0.25) is 0 Å². The van der Waals surface area contributed by atoms with Gasteiger partial charge in [-0.3, -0.25) is 4.79 Å². The van der Waals surface area contributed by atoms with Gasteiger partial charge in [0.25, 0.3) is 0 Å². The summed E-state index contributed by atoms with van der Waals surface area (Å²) in [4.78, 5) is 11.0. The van der Waals surface area contributed by atoms with Gasteiger partial charge in [0.1, 0.15) is 5.75 Å². The summed E-state index contributed by atoms with van der Waals surface area (Å²) in [6.07, 6.45) is 2.77. The molecule has 0 amide bonds. The number of ether oxygens (including phenoxy) is 1. The summed E-state index contributed by atoms with van der Waals surface area (Å²) in [5, 5.41) is 9.05. The van der Waals surface area contributed by atoms with Gasteiger partial charge in [0.15, 0.2) is 0 Å². The lowest BCUT2D eigenvalue weighted by Crippen LogP contribution is -2.11. The maximum atomic E-state index is 11.0. The van der Waals surface area contributed by atoms with Gasteiger partial charge in [-0.05, 0) is 30.5 Å². The van der Waals surface area contributed by atoms with Gasteiger partial charge in [0, 0.05) is 5.56 Å². The van der Waals surface area contributed by atoms with E-state index in [2.05, 4.69) is 0 Å². The maximum Gasteiger partial charge on any atom is 0.310 e. The van der Waals surface area contributed by atoms with Gasteiger partial charge < -0.3 is 9.84 Å². The molecule has 1 N–H and O–H groups in total. The number of carboxylic acids is 1. The van der Waals surface area contributed by atoms with E-state index in [0.29, 0.717) is 0 Å². The van der Waals surface area contributed by atoms with Crippen molar-refractivity contribution in [2.24, 2.45) is 5.92 Å². The van der Waals surface area contributed by atoms with Crippen molar-refractivity contribution in [3.05, 3.63) is 35.4 Å².